The molecule has 16 heavy (non-hydrogen) atoms. The molecule has 0 aliphatic carbocycles. The van der Waals surface area contributed by atoms with Gasteiger partial charge in [0.25, 0.3) is 0 Å². The summed E-state index contributed by atoms with van der Waals surface area (Å²) in [4.78, 5) is 11.4. The number of hydrogen-bond acceptors (Lipinski definition) is 5. The van der Waals surface area contributed by atoms with Gasteiger partial charge in [0.05, 0.1) is 31.2 Å². The number of aliphatic hydroxyl groups is 1. The van der Waals surface area contributed by atoms with Gasteiger partial charge in [0.15, 0.2) is 0 Å². The average molecular weight is 248 g/mol. The number of aliphatic hydroxyl groups excluding tert-OH is 1. The van der Waals surface area contributed by atoms with Crippen LogP contribution >= 0.6 is 11.8 Å². The first kappa shape index (κ1) is 14.0. The smallest absolute Gasteiger partial charge is 0.146 e. The Kier molecular flexibility index (Phi) is 6.34. The Bertz CT molecular complexity index is 222. The van der Waals surface area contributed by atoms with Crippen molar-refractivity contribution in [1.29, 1.82) is 0 Å². The lowest BCUT2D eigenvalue weighted by Gasteiger charge is -2.17. The molecule has 0 saturated carbocycles. The van der Waals surface area contributed by atoms with E-state index in [0.29, 0.717) is 18.8 Å². The topological polar surface area (TPSA) is 55.8 Å². The first-order valence-corrected chi connectivity index (χ1v) is 6.68. The van der Waals surface area contributed by atoms with E-state index in [4.69, 9.17) is 9.47 Å². The summed E-state index contributed by atoms with van der Waals surface area (Å²) in [6.07, 6.45) is -0.0498. The molecule has 0 aromatic carbocycles. The number of methoxy groups -OCH3 is 1. The number of ether oxygens (including phenoxy) is 2. The van der Waals surface area contributed by atoms with Crippen molar-refractivity contribution in [3.63, 3.8) is 0 Å². The van der Waals surface area contributed by atoms with Crippen LogP contribution < -0.4 is 0 Å². The summed E-state index contributed by atoms with van der Waals surface area (Å²) in [7, 11) is 1.62. The van der Waals surface area contributed by atoms with Crippen LogP contribution in [-0.2, 0) is 14.3 Å². The highest BCUT2D eigenvalue weighted by molar-refractivity contribution is 8.00. The number of Topliss-reactive ketones (excluding diaryl/α,β-unsaturated/α-hetero) is 1. The third-order valence-electron chi connectivity index (χ3n) is 2.55. The van der Waals surface area contributed by atoms with E-state index in [-0.39, 0.29) is 24.4 Å². The fourth-order valence-electron chi connectivity index (χ4n) is 1.67. The maximum absolute atomic E-state index is 11.4. The van der Waals surface area contributed by atoms with Crippen molar-refractivity contribution in [1.82, 2.24) is 0 Å². The van der Waals surface area contributed by atoms with Crippen molar-refractivity contribution in [3.8, 4) is 0 Å². The van der Waals surface area contributed by atoms with Crippen LogP contribution in [0, 0.1) is 5.92 Å². The van der Waals surface area contributed by atoms with Gasteiger partial charge in [-0.05, 0) is 13.3 Å². The van der Waals surface area contributed by atoms with Crippen LogP contribution in [0.15, 0.2) is 0 Å². The lowest BCUT2D eigenvalue weighted by molar-refractivity contribution is -0.120. The highest BCUT2D eigenvalue weighted by Crippen LogP contribution is 2.24. The molecule has 1 N–H and O–H groups in total. The van der Waals surface area contributed by atoms with Crippen molar-refractivity contribution < 1.29 is 19.4 Å². The fraction of sp³-hybridized carbons (Fsp3) is 0.909. The summed E-state index contributed by atoms with van der Waals surface area (Å²) in [5, 5.41) is 9.72. The summed E-state index contributed by atoms with van der Waals surface area (Å²) in [5.74, 6) is 1.71. The van der Waals surface area contributed by atoms with Gasteiger partial charge in [-0.25, -0.2) is 0 Å². The van der Waals surface area contributed by atoms with Gasteiger partial charge in [-0.1, -0.05) is 0 Å². The highest BCUT2D eigenvalue weighted by Gasteiger charge is 2.27. The minimum atomic E-state index is -0.549. The molecule has 1 aliphatic rings. The van der Waals surface area contributed by atoms with Gasteiger partial charge < -0.3 is 14.6 Å². The Morgan fingerprint density at radius 3 is 2.88 bits per heavy atom. The van der Waals surface area contributed by atoms with Crippen molar-refractivity contribution in [3.05, 3.63) is 0 Å². The van der Waals surface area contributed by atoms with E-state index in [0.717, 1.165) is 5.75 Å². The highest BCUT2D eigenvalue weighted by atomic mass is 32.2. The predicted octanol–water partition coefficient (Wildman–Crippen LogP) is 0.721. The Labute approximate surface area is 101 Å². The third-order valence-corrected chi connectivity index (χ3v) is 3.68. The van der Waals surface area contributed by atoms with Crippen molar-refractivity contribution in [2.75, 3.05) is 31.8 Å². The molecule has 3 atom stereocenters. The molecule has 1 saturated heterocycles. The second-order valence-electron chi connectivity index (χ2n) is 4.17. The van der Waals surface area contributed by atoms with Crippen LogP contribution in [0.5, 0.6) is 0 Å². The zero-order chi connectivity index (χ0) is 12.0. The maximum atomic E-state index is 11.4. The second kappa shape index (κ2) is 7.27. The van der Waals surface area contributed by atoms with Crippen molar-refractivity contribution in [2.45, 2.75) is 25.6 Å². The first-order chi connectivity index (χ1) is 7.63. The molecular weight excluding hydrogens is 228 g/mol. The molecule has 1 rings (SSSR count). The monoisotopic (exact) mass is 248 g/mol. The first-order valence-electron chi connectivity index (χ1n) is 5.52. The van der Waals surface area contributed by atoms with Crippen LogP contribution in [0.1, 0.15) is 13.3 Å². The maximum Gasteiger partial charge on any atom is 0.146 e. The van der Waals surface area contributed by atoms with Gasteiger partial charge in [-0.15, -0.1) is 0 Å². The largest absolute Gasteiger partial charge is 0.391 e. The molecule has 0 amide bonds. The number of carbonyl (C=O) groups excluding carboxylic acids is 1. The van der Waals surface area contributed by atoms with Gasteiger partial charge in [0.2, 0.25) is 0 Å². The lowest BCUT2D eigenvalue weighted by atomic mass is 10.0. The van der Waals surface area contributed by atoms with Crippen LogP contribution in [0.4, 0.5) is 0 Å². The van der Waals surface area contributed by atoms with E-state index >= 15 is 0 Å². The van der Waals surface area contributed by atoms with Crippen LogP contribution in [0.25, 0.3) is 0 Å². The minimum absolute atomic E-state index is 0.0151. The normalized spacial score (nSPS) is 24.7. The summed E-state index contributed by atoms with van der Waals surface area (Å²) >= 11 is 1.64. The quantitative estimate of drug-likeness (QED) is 0.719. The number of ketones is 1. The van der Waals surface area contributed by atoms with E-state index in [9.17, 15) is 9.90 Å². The Hall–Kier alpha value is -0.100. The van der Waals surface area contributed by atoms with E-state index in [1.54, 1.807) is 18.9 Å². The average Bonchev–Trinajstić information content (AvgIpc) is 2.62. The molecule has 1 fully saturated rings. The molecule has 0 aromatic heterocycles. The van der Waals surface area contributed by atoms with Crippen molar-refractivity contribution >= 4 is 17.5 Å². The predicted molar refractivity (Wildman–Crippen MR) is 63.7 cm³/mol. The molecule has 1 aliphatic heterocycles. The Morgan fingerprint density at radius 2 is 2.31 bits per heavy atom. The zero-order valence-corrected chi connectivity index (χ0v) is 10.7. The number of rotatable bonds is 7. The summed E-state index contributed by atoms with van der Waals surface area (Å²) in [6, 6.07) is 0. The Balaban J connectivity index is 2.15. The summed E-state index contributed by atoms with van der Waals surface area (Å²) in [5.41, 5.74) is 0. The molecule has 0 spiro atoms. The summed E-state index contributed by atoms with van der Waals surface area (Å²) < 4.78 is 10.3. The fourth-order valence-corrected chi connectivity index (χ4v) is 2.83. The van der Waals surface area contributed by atoms with Crippen molar-refractivity contribution in [2.24, 2.45) is 5.92 Å². The Morgan fingerprint density at radius 1 is 1.56 bits per heavy atom. The lowest BCUT2D eigenvalue weighted by Crippen LogP contribution is -2.26. The van der Waals surface area contributed by atoms with Gasteiger partial charge in [-0.2, -0.15) is 11.8 Å². The van der Waals surface area contributed by atoms with Crippen LogP contribution in [0.3, 0.4) is 0 Å². The second-order valence-corrected chi connectivity index (χ2v) is 5.20. The molecular formula is C11H20O4S. The van der Waals surface area contributed by atoms with E-state index < -0.39 is 6.10 Å². The molecule has 0 aromatic rings. The van der Waals surface area contributed by atoms with Gasteiger partial charge >= 0.3 is 0 Å². The number of thioether (sulfide) groups is 1. The van der Waals surface area contributed by atoms with Crippen LogP contribution in [-0.4, -0.2) is 54.9 Å². The van der Waals surface area contributed by atoms with Gasteiger partial charge in [-0.3, -0.25) is 4.79 Å². The SMILES string of the molecule is COCC(C)OCC(O)CC1CSCC1=O. The molecule has 5 heteroatoms. The number of hydrogen-bond donors (Lipinski definition) is 1. The van der Waals surface area contributed by atoms with Crippen LogP contribution in [0.2, 0.25) is 0 Å². The van der Waals surface area contributed by atoms with E-state index in [1.807, 2.05) is 6.92 Å². The number of carbonyl (C=O) groups is 1. The van der Waals surface area contributed by atoms with E-state index in [2.05, 4.69) is 0 Å². The van der Waals surface area contributed by atoms with Gasteiger partial charge in [0, 0.05) is 18.8 Å². The minimum Gasteiger partial charge on any atom is -0.391 e. The molecule has 4 nitrogen and oxygen atoms in total. The standard InChI is InChI=1S/C11H20O4S/c1-8(4-14-2)15-5-10(12)3-9-6-16-7-11(9)13/h8-10,12H,3-7H2,1-2H3. The molecule has 0 radical (unpaired) electrons. The third kappa shape index (κ3) is 4.82. The zero-order valence-electron chi connectivity index (χ0n) is 9.85. The molecule has 0 bridgehead atoms. The van der Waals surface area contributed by atoms with Gasteiger partial charge in [0.1, 0.15) is 5.78 Å². The summed E-state index contributed by atoms with van der Waals surface area (Å²) in [6.45, 7) is 2.69. The molecule has 3 unspecified atom stereocenters. The molecule has 94 valence electrons. The van der Waals surface area contributed by atoms with E-state index in [1.165, 1.54) is 0 Å². The molecule has 1 heterocycles.